The molecule has 2 N–H and O–H groups in total. The van der Waals surface area contributed by atoms with Crippen molar-refractivity contribution in [3.63, 3.8) is 0 Å². The zero-order valence-corrected chi connectivity index (χ0v) is 14.3. The van der Waals surface area contributed by atoms with Gasteiger partial charge in [0, 0.05) is 51.2 Å². The van der Waals surface area contributed by atoms with Crippen LogP contribution in [0.1, 0.15) is 43.0 Å². The Morgan fingerprint density at radius 1 is 1.29 bits per heavy atom. The van der Waals surface area contributed by atoms with Crippen molar-refractivity contribution in [2.24, 2.45) is 0 Å². The Morgan fingerprint density at radius 2 is 2.04 bits per heavy atom. The molecule has 0 spiro atoms. The summed E-state index contributed by atoms with van der Waals surface area (Å²) < 4.78 is 5.70. The van der Waals surface area contributed by atoms with Gasteiger partial charge in [-0.3, -0.25) is 4.79 Å². The quantitative estimate of drug-likeness (QED) is 0.816. The molecule has 1 aromatic rings. The molecule has 3 rings (SSSR count). The Kier molecular flexibility index (Phi) is 5.98. The van der Waals surface area contributed by atoms with Gasteiger partial charge in [0.05, 0.1) is 11.7 Å². The van der Waals surface area contributed by atoms with E-state index in [1.165, 1.54) is 12.8 Å². The van der Waals surface area contributed by atoms with Crippen molar-refractivity contribution in [1.29, 1.82) is 0 Å². The standard InChI is InChI=1S/C17H27N5O2/c1-2-18-17-19-10-13(11-20-17)16(23)21-14-5-7-22(8-6-14)12-15-4-3-9-24-15/h10-11,14-15H,2-9,12H2,1H3,(H,21,23)(H,18,19,20). The number of likely N-dealkylation sites (tertiary alicyclic amines) is 1. The predicted octanol–water partition coefficient (Wildman–Crippen LogP) is 1.28. The molecule has 0 aliphatic carbocycles. The third-order valence-corrected chi connectivity index (χ3v) is 4.66. The molecule has 1 aromatic heterocycles. The van der Waals surface area contributed by atoms with Gasteiger partial charge in [0.1, 0.15) is 0 Å². The molecule has 2 fully saturated rings. The van der Waals surface area contributed by atoms with E-state index < -0.39 is 0 Å². The molecule has 2 aliphatic rings. The maximum Gasteiger partial charge on any atom is 0.254 e. The van der Waals surface area contributed by atoms with E-state index in [1.807, 2.05) is 6.92 Å². The molecule has 7 heteroatoms. The number of carbonyl (C=O) groups excluding carboxylic acids is 1. The van der Waals surface area contributed by atoms with Gasteiger partial charge >= 0.3 is 0 Å². The van der Waals surface area contributed by atoms with E-state index in [-0.39, 0.29) is 11.9 Å². The fraction of sp³-hybridized carbons (Fsp3) is 0.706. The van der Waals surface area contributed by atoms with Gasteiger partial charge in [0.2, 0.25) is 5.95 Å². The maximum absolute atomic E-state index is 12.3. The summed E-state index contributed by atoms with van der Waals surface area (Å²) in [6, 6.07) is 0.228. The first kappa shape index (κ1) is 17.1. The first-order valence-corrected chi connectivity index (χ1v) is 8.95. The molecule has 0 bridgehead atoms. The Bertz CT molecular complexity index is 522. The molecule has 1 atom stereocenters. The Balaban J connectivity index is 1.42. The van der Waals surface area contributed by atoms with Gasteiger partial charge in [-0.2, -0.15) is 0 Å². The highest BCUT2D eigenvalue weighted by Gasteiger charge is 2.25. The maximum atomic E-state index is 12.3. The van der Waals surface area contributed by atoms with Gasteiger partial charge in [0.25, 0.3) is 5.91 Å². The molecule has 7 nitrogen and oxygen atoms in total. The van der Waals surface area contributed by atoms with Gasteiger partial charge in [-0.25, -0.2) is 9.97 Å². The van der Waals surface area contributed by atoms with Crippen LogP contribution in [0.4, 0.5) is 5.95 Å². The number of nitrogens with zero attached hydrogens (tertiary/aromatic N) is 3. The van der Waals surface area contributed by atoms with E-state index in [0.29, 0.717) is 17.6 Å². The second-order valence-electron chi connectivity index (χ2n) is 6.51. The van der Waals surface area contributed by atoms with E-state index >= 15 is 0 Å². The molecule has 0 saturated carbocycles. The highest BCUT2D eigenvalue weighted by molar-refractivity contribution is 5.93. The topological polar surface area (TPSA) is 79.4 Å². The van der Waals surface area contributed by atoms with Crippen molar-refractivity contribution in [3.8, 4) is 0 Å². The summed E-state index contributed by atoms with van der Waals surface area (Å²) in [6.07, 6.45) is 7.89. The first-order chi connectivity index (χ1) is 11.7. The normalized spacial score (nSPS) is 22.5. The molecular weight excluding hydrogens is 306 g/mol. The smallest absolute Gasteiger partial charge is 0.254 e. The molecule has 132 valence electrons. The van der Waals surface area contributed by atoms with Gasteiger partial charge in [-0.05, 0) is 32.6 Å². The van der Waals surface area contributed by atoms with Crippen molar-refractivity contribution in [2.45, 2.75) is 44.8 Å². The fourth-order valence-corrected chi connectivity index (χ4v) is 3.30. The molecule has 2 saturated heterocycles. The van der Waals surface area contributed by atoms with Crippen molar-refractivity contribution in [2.75, 3.05) is 38.1 Å². The van der Waals surface area contributed by atoms with Crippen LogP contribution in [0.2, 0.25) is 0 Å². The van der Waals surface area contributed by atoms with Crippen LogP contribution in [0.3, 0.4) is 0 Å². The fourth-order valence-electron chi connectivity index (χ4n) is 3.30. The summed E-state index contributed by atoms with van der Waals surface area (Å²) >= 11 is 0. The van der Waals surface area contributed by atoms with Crippen molar-refractivity contribution in [3.05, 3.63) is 18.0 Å². The summed E-state index contributed by atoms with van der Waals surface area (Å²) in [5.41, 5.74) is 0.512. The average molecular weight is 333 g/mol. The number of rotatable bonds is 6. The third kappa shape index (κ3) is 4.64. The second-order valence-corrected chi connectivity index (χ2v) is 6.51. The van der Waals surface area contributed by atoms with Crippen molar-refractivity contribution < 1.29 is 9.53 Å². The van der Waals surface area contributed by atoms with Crippen molar-refractivity contribution in [1.82, 2.24) is 20.2 Å². The summed E-state index contributed by atoms with van der Waals surface area (Å²) in [7, 11) is 0. The van der Waals surface area contributed by atoms with E-state index in [2.05, 4.69) is 25.5 Å². The highest BCUT2D eigenvalue weighted by Crippen LogP contribution is 2.17. The number of piperidine rings is 1. The number of carbonyl (C=O) groups is 1. The summed E-state index contributed by atoms with van der Waals surface area (Å²) in [5, 5.41) is 6.12. The number of aromatic nitrogens is 2. The summed E-state index contributed by atoms with van der Waals surface area (Å²) in [6.45, 7) is 6.71. The van der Waals surface area contributed by atoms with Crippen LogP contribution in [-0.4, -0.2) is 65.7 Å². The average Bonchev–Trinajstić information content (AvgIpc) is 3.10. The number of hydrogen-bond acceptors (Lipinski definition) is 6. The van der Waals surface area contributed by atoms with Crippen LogP contribution in [0, 0.1) is 0 Å². The van der Waals surface area contributed by atoms with E-state index in [4.69, 9.17) is 4.74 Å². The molecule has 1 amide bonds. The molecule has 24 heavy (non-hydrogen) atoms. The number of hydrogen-bond donors (Lipinski definition) is 2. The minimum Gasteiger partial charge on any atom is -0.377 e. The van der Waals surface area contributed by atoms with Crippen LogP contribution in [0.5, 0.6) is 0 Å². The lowest BCUT2D eigenvalue weighted by atomic mass is 10.0. The minimum atomic E-state index is -0.0874. The number of amides is 1. The second kappa shape index (κ2) is 8.39. The zero-order valence-electron chi connectivity index (χ0n) is 14.3. The third-order valence-electron chi connectivity index (χ3n) is 4.66. The monoisotopic (exact) mass is 333 g/mol. The van der Waals surface area contributed by atoms with Crippen LogP contribution in [0.25, 0.3) is 0 Å². The lowest BCUT2D eigenvalue weighted by Crippen LogP contribution is -2.46. The highest BCUT2D eigenvalue weighted by atomic mass is 16.5. The lowest BCUT2D eigenvalue weighted by molar-refractivity contribution is 0.0613. The van der Waals surface area contributed by atoms with Crippen LogP contribution >= 0.6 is 0 Å². The molecular formula is C17H27N5O2. The van der Waals surface area contributed by atoms with E-state index in [9.17, 15) is 4.79 Å². The summed E-state index contributed by atoms with van der Waals surface area (Å²) in [5.74, 6) is 0.465. The minimum absolute atomic E-state index is 0.0874. The Hall–Kier alpha value is -1.73. The largest absolute Gasteiger partial charge is 0.377 e. The summed E-state index contributed by atoms with van der Waals surface area (Å²) in [4.78, 5) is 23.0. The first-order valence-electron chi connectivity index (χ1n) is 8.95. The van der Waals surface area contributed by atoms with E-state index in [1.54, 1.807) is 12.4 Å². The zero-order chi connectivity index (χ0) is 16.8. The number of ether oxygens (including phenoxy) is 1. The van der Waals surface area contributed by atoms with Gasteiger partial charge in [0.15, 0.2) is 0 Å². The van der Waals surface area contributed by atoms with Gasteiger partial charge in [-0.15, -0.1) is 0 Å². The Morgan fingerprint density at radius 3 is 2.67 bits per heavy atom. The predicted molar refractivity (Wildman–Crippen MR) is 92.1 cm³/mol. The molecule has 0 radical (unpaired) electrons. The number of anilines is 1. The van der Waals surface area contributed by atoms with Crippen molar-refractivity contribution >= 4 is 11.9 Å². The number of nitrogens with one attached hydrogen (secondary N) is 2. The molecule has 1 unspecified atom stereocenters. The van der Waals surface area contributed by atoms with Crippen LogP contribution in [0.15, 0.2) is 12.4 Å². The molecule has 2 aliphatic heterocycles. The van der Waals surface area contributed by atoms with Crippen LogP contribution in [-0.2, 0) is 4.74 Å². The van der Waals surface area contributed by atoms with Gasteiger partial charge < -0.3 is 20.3 Å². The molecule has 3 heterocycles. The SMILES string of the molecule is CCNc1ncc(C(=O)NC2CCN(CC3CCCO3)CC2)cn1. The Labute approximate surface area is 143 Å². The van der Waals surface area contributed by atoms with Crippen LogP contribution < -0.4 is 10.6 Å². The molecule has 0 aromatic carbocycles. The lowest BCUT2D eigenvalue weighted by Gasteiger charge is -2.33. The van der Waals surface area contributed by atoms with Gasteiger partial charge in [-0.1, -0.05) is 0 Å². The van der Waals surface area contributed by atoms with E-state index in [0.717, 1.165) is 45.6 Å².